The number of hydrogen-bond donors (Lipinski definition) is 1. The van der Waals surface area contributed by atoms with E-state index in [0.29, 0.717) is 6.04 Å². The van der Waals surface area contributed by atoms with Crippen LogP contribution in [0.3, 0.4) is 0 Å². The summed E-state index contributed by atoms with van der Waals surface area (Å²) < 4.78 is 5.93. The zero-order valence-corrected chi connectivity index (χ0v) is 14.3. The molecule has 1 heterocycles. The molecule has 0 aliphatic rings. The molecule has 3 nitrogen and oxygen atoms in total. The Balaban J connectivity index is 2.69. The van der Waals surface area contributed by atoms with E-state index >= 15 is 0 Å². The first-order chi connectivity index (χ1) is 9.26. The largest absolute Gasteiger partial charge is 0.465 e. The SMILES string of the molecule is CCC(C)N(CC)Cc1cc(CNC(C)(C)C)c(C)o1. The van der Waals surface area contributed by atoms with Crippen LogP contribution in [0.5, 0.6) is 0 Å². The summed E-state index contributed by atoms with van der Waals surface area (Å²) in [7, 11) is 0. The fraction of sp³-hybridized carbons (Fsp3) is 0.765. The van der Waals surface area contributed by atoms with Crippen molar-refractivity contribution < 1.29 is 4.42 Å². The standard InChI is InChI=1S/C17H32N2O/c1-8-13(3)19(9-2)12-16-10-15(14(4)20-16)11-18-17(5,6)7/h10,13,18H,8-9,11-12H2,1-7H3. The van der Waals surface area contributed by atoms with Crippen molar-refractivity contribution in [2.45, 2.75) is 79.6 Å². The molecule has 1 aromatic heterocycles. The topological polar surface area (TPSA) is 28.4 Å². The van der Waals surface area contributed by atoms with Crippen LogP contribution in [0.25, 0.3) is 0 Å². The molecule has 0 bridgehead atoms. The van der Waals surface area contributed by atoms with E-state index in [1.807, 2.05) is 0 Å². The van der Waals surface area contributed by atoms with Crippen LogP contribution in [0.15, 0.2) is 10.5 Å². The number of nitrogens with one attached hydrogen (secondary N) is 1. The number of aryl methyl sites for hydroxylation is 1. The molecule has 0 spiro atoms. The third-order valence-corrected chi connectivity index (χ3v) is 3.86. The van der Waals surface area contributed by atoms with Gasteiger partial charge in [-0.25, -0.2) is 0 Å². The molecule has 1 unspecified atom stereocenters. The van der Waals surface area contributed by atoms with Crippen LogP contribution < -0.4 is 5.32 Å². The van der Waals surface area contributed by atoms with Crippen molar-refractivity contribution in [3.8, 4) is 0 Å². The van der Waals surface area contributed by atoms with Gasteiger partial charge in [-0.2, -0.15) is 0 Å². The fourth-order valence-corrected chi connectivity index (χ4v) is 2.24. The summed E-state index contributed by atoms with van der Waals surface area (Å²) in [5, 5.41) is 3.52. The van der Waals surface area contributed by atoms with Gasteiger partial charge in [0.15, 0.2) is 0 Å². The first-order valence-electron chi connectivity index (χ1n) is 7.84. The van der Waals surface area contributed by atoms with Gasteiger partial charge in [0.05, 0.1) is 6.54 Å². The maximum Gasteiger partial charge on any atom is 0.118 e. The van der Waals surface area contributed by atoms with Crippen LogP contribution in [-0.2, 0) is 13.1 Å². The Morgan fingerprint density at radius 3 is 2.45 bits per heavy atom. The van der Waals surface area contributed by atoms with E-state index in [9.17, 15) is 0 Å². The van der Waals surface area contributed by atoms with Crippen LogP contribution >= 0.6 is 0 Å². The summed E-state index contributed by atoms with van der Waals surface area (Å²) in [4.78, 5) is 2.46. The lowest BCUT2D eigenvalue weighted by atomic mass is 10.1. The summed E-state index contributed by atoms with van der Waals surface area (Å²) in [5.74, 6) is 2.12. The van der Waals surface area contributed by atoms with Crippen LogP contribution in [-0.4, -0.2) is 23.0 Å². The van der Waals surface area contributed by atoms with Crippen molar-refractivity contribution in [2.24, 2.45) is 0 Å². The summed E-state index contributed by atoms with van der Waals surface area (Å²) in [6.07, 6.45) is 1.17. The van der Waals surface area contributed by atoms with Crippen molar-refractivity contribution in [3.63, 3.8) is 0 Å². The third kappa shape index (κ3) is 5.29. The molecule has 0 aliphatic carbocycles. The molecule has 0 radical (unpaired) electrons. The molecule has 0 saturated carbocycles. The molecule has 1 rings (SSSR count). The van der Waals surface area contributed by atoms with Crippen LogP contribution in [0, 0.1) is 6.92 Å². The van der Waals surface area contributed by atoms with Gasteiger partial charge in [0.1, 0.15) is 11.5 Å². The lowest BCUT2D eigenvalue weighted by Gasteiger charge is -2.25. The van der Waals surface area contributed by atoms with E-state index in [1.54, 1.807) is 0 Å². The number of furan rings is 1. The van der Waals surface area contributed by atoms with Crippen LogP contribution in [0.4, 0.5) is 0 Å². The van der Waals surface area contributed by atoms with Gasteiger partial charge < -0.3 is 9.73 Å². The first-order valence-corrected chi connectivity index (χ1v) is 7.84. The second-order valence-electron chi connectivity index (χ2n) is 6.72. The molecule has 0 aliphatic heterocycles. The van der Waals surface area contributed by atoms with Gasteiger partial charge in [0, 0.05) is 23.7 Å². The van der Waals surface area contributed by atoms with Gasteiger partial charge in [0.25, 0.3) is 0 Å². The van der Waals surface area contributed by atoms with Crippen molar-refractivity contribution in [3.05, 3.63) is 23.2 Å². The lowest BCUT2D eigenvalue weighted by molar-refractivity contribution is 0.189. The van der Waals surface area contributed by atoms with E-state index in [-0.39, 0.29) is 5.54 Å². The minimum Gasteiger partial charge on any atom is -0.465 e. The molecule has 0 amide bonds. The zero-order valence-electron chi connectivity index (χ0n) is 14.3. The highest BCUT2D eigenvalue weighted by atomic mass is 16.3. The van der Waals surface area contributed by atoms with Gasteiger partial charge in [-0.15, -0.1) is 0 Å². The van der Waals surface area contributed by atoms with E-state index in [2.05, 4.69) is 64.7 Å². The Kier molecular flexibility index (Phi) is 6.28. The maximum absolute atomic E-state index is 5.93. The molecule has 1 atom stereocenters. The molecule has 20 heavy (non-hydrogen) atoms. The predicted molar refractivity (Wildman–Crippen MR) is 85.9 cm³/mol. The third-order valence-electron chi connectivity index (χ3n) is 3.86. The quantitative estimate of drug-likeness (QED) is 0.815. The monoisotopic (exact) mass is 280 g/mol. The molecule has 1 N–H and O–H groups in total. The van der Waals surface area contributed by atoms with Gasteiger partial charge in [-0.1, -0.05) is 13.8 Å². The van der Waals surface area contributed by atoms with Gasteiger partial charge in [-0.05, 0) is 53.7 Å². The summed E-state index contributed by atoms with van der Waals surface area (Å²) >= 11 is 0. The zero-order chi connectivity index (χ0) is 15.3. The van der Waals surface area contributed by atoms with E-state index in [4.69, 9.17) is 4.42 Å². The number of nitrogens with zero attached hydrogens (tertiary/aromatic N) is 1. The van der Waals surface area contributed by atoms with E-state index in [0.717, 1.165) is 31.2 Å². The Labute approximate surface area is 124 Å². The molecule has 0 saturated heterocycles. The second-order valence-corrected chi connectivity index (χ2v) is 6.72. The molecule has 116 valence electrons. The molecule has 3 heteroatoms. The normalized spacial score (nSPS) is 14.0. The number of rotatable bonds is 7. The molecular weight excluding hydrogens is 248 g/mol. The minimum atomic E-state index is 0.135. The molecular formula is C17H32N2O. The second kappa shape index (κ2) is 7.28. The van der Waals surface area contributed by atoms with Gasteiger partial charge in [0.2, 0.25) is 0 Å². The lowest BCUT2D eigenvalue weighted by Crippen LogP contribution is -2.35. The van der Waals surface area contributed by atoms with Crippen molar-refractivity contribution in [1.82, 2.24) is 10.2 Å². The minimum absolute atomic E-state index is 0.135. The van der Waals surface area contributed by atoms with Crippen LogP contribution in [0.1, 0.15) is 65.0 Å². The molecule has 0 aromatic carbocycles. The smallest absolute Gasteiger partial charge is 0.118 e. The summed E-state index contributed by atoms with van der Waals surface area (Å²) in [6, 6.07) is 2.81. The number of hydrogen-bond acceptors (Lipinski definition) is 3. The van der Waals surface area contributed by atoms with E-state index < -0.39 is 0 Å². The maximum atomic E-state index is 5.93. The van der Waals surface area contributed by atoms with Gasteiger partial charge >= 0.3 is 0 Å². The fourth-order valence-electron chi connectivity index (χ4n) is 2.24. The van der Waals surface area contributed by atoms with Crippen molar-refractivity contribution >= 4 is 0 Å². The van der Waals surface area contributed by atoms with Crippen molar-refractivity contribution in [1.29, 1.82) is 0 Å². The molecule has 1 aromatic rings. The average molecular weight is 280 g/mol. The Morgan fingerprint density at radius 1 is 1.30 bits per heavy atom. The Hall–Kier alpha value is -0.800. The molecule has 0 fully saturated rings. The Bertz CT molecular complexity index is 404. The van der Waals surface area contributed by atoms with Crippen LogP contribution in [0.2, 0.25) is 0 Å². The summed E-state index contributed by atoms with van der Waals surface area (Å²) in [5.41, 5.74) is 1.41. The van der Waals surface area contributed by atoms with Crippen molar-refractivity contribution in [2.75, 3.05) is 6.54 Å². The highest BCUT2D eigenvalue weighted by Gasteiger charge is 2.16. The Morgan fingerprint density at radius 2 is 1.95 bits per heavy atom. The highest BCUT2D eigenvalue weighted by Crippen LogP contribution is 2.18. The predicted octanol–water partition coefficient (Wildman–Crippen LogP) is 4.10. The average Bonchev–Trinajstić information content (AvgIpc) is 2.72. The van der Waals surface area contributed by atoms with Gasteiger partial charge in [-0.3, -0.25) is 4.90 Å². The summed E-state index contributed by atoms with van der Waals surface area (Å²) in [6.45, 7) is 18.2. The van der Waals surface area contributed by atoms with E-state index in [1.165, 1.54) is 12.0 Å². The first kappa shape index (κ1) is 17.3. The highest BCUT2D eigenvalue weighted by molar-refractivity contribution is 5.21.